The fraction of sp³-hybridized carbons (Fsp3) is 0.571. The Morgan fingerprint density at radius 2 is 1.73 bits per heavy atom. The first-order valence-corrected chi connectivity index (χ1v) is 6.88. The molecule has 0 bridgehead atoms. The van der Waals surface area contributed by atoms with Gasteiger partial charge in [0.1, 0.15) is 0 Å². The van der Waals surface area contributed by atoms with Gasteiger partial charge in [-0.15, -0.1) is 0 Å². The third-order valence-electron chi connectivity index (χ3n) is 4.30. The second-order valence-electron chi connectivity index (χ2n) is 5.14. The Hall–Kier alpha value is -0.300. The van der Waals surface area contributed by atoms with Crippen molar-refractivity contribution in [1.82, 2.24) is 0 Å². The molecule has 2 aliphatic rings. The molecule has 0 unspecified atom stereocenters. The maximum Gasteiger partial charge on any atom is 0.0178 e. The highest BCUT2D eigenvalue weighted by atomic mass is 79.9. The minimum absolute atomic E-state index is 0.578. The van der Waals surface area contributed by atoms with Crippen molar-refractivity contribution < 1.29 is 0 Å². The molecule has 0 atom stereocenters. The SMILES string of the molecule is Brc1ccc2c(c1)CCCC21CCCC1. The predicted molar refractivity (Wildman–Crippen MR) is 67.2 cm³/mol. The van der Waals surface area contributed by atoms with Gasteiger partial charge >= 0.3 is 0 Å². The molecule has 3 rings (SSSR count). The average molecular weight is 265 g/mol. The summed E-state index contributed by atoms with van der Waals surface area (Å²) < 4.78 is 1.25. The number of aryl methyl sites for hydroxylation is 1. The maximum absolute atomic E-state index is 3.59. The first-order valence-electron chi connectivity index (χ1n) is 6.09. The van der Waals surface area contributed by atoms with Crippen molar-refractivity contribution in [3.63, 3.8) is 0 Å². The van der Waals surface area contributed by atoms with E-state index in [0.717, 1.165) is 0 Å². The lowest BCUT2D eigenvalue weighted by Crippen LogP contribution is -2.27. The van der Waals surface area contributed by atoms with Crippen LogP contribution >= 0.6 is 15.9 Å². The molecule has 1 aromatic rings. The molecule has 15 heavy (non-hydrogen) atoms. The van der Waals surface area contributed by atoms with Gasteiger partial charge in [0.05, 0.1) is 0 Å². The lowest BCUT2D eigenvalue weighted by molar-refractivity contribution is 0.369. The second kappa shape index (κ2) is 3.62. The summed E-state index contributed by atoms with van der Waals surface area (Å²) in [7, 11) is 0. The Morgan fingerprint density at radius 3 is 2.53 bits per heavy atom. The molecule has 0 N–H and O–H groups in total. The molecular weight excluding hydrogens is 248 g/mol. The monoisotopic (exact) mass is 264 g/mol. The number of halogens is 1. The molecule has 2 aliphatic carbocycles. The van der Waals surface area contributed by atoms with E-state index in [0.29, 0.717) is 5.41 Å². The van der Waals surface area contributed by atoms with E-state index >= 15 is 0 Å². The van der Waals surface area contributed by atoms with Gasteiger partial charge in [0.25, 0.3) is 0 Å². The lowest BCUT2D eigenvalue weighted by atomic mass is 9.69. The molecule has 1 spiro atoms. The van der Waals surface area contributed by atoms with Crippen LogP contribution in [0.4, 0.5) is 0 Å². The summed E-state index contributed by atoms with van der Waals surface area (Å²) in [6.45, 7) is 0. The van der Waals surface area contributed by atoms with Gasteiger partial charge in [0.15, 0.2) is 0 Å². The number of rotatable bonds is 0. The zero-order valence-electron chi connectivity index (χ0n) is 9.06. The zero-order chi connectivity index (χ0) is 10.3. The lowest BCUT2D eigenvalue weighted by Gasteiger charge is -2.36. The van der Waals surface area contributed by atoms with Crippen LogP contribution in [-0.4, -0.2) is 0 Å². The molecule has 1 aromatic carbocycles. The van der Waals surface area contributed by atoms with Crippen LogP contribution < -0.4 is 0 Å². The molecule has 0 nitrogen and oxygen atoms in total. The quantitative estimate of drug-likeness (QED) is 0.643. The van der Waals surface area contributed by atoms with Gasteiger partial charge < -0.3 is 0 Å². The highest BCUT2D eigenvalue weighted by Crippen LogP contribution is 2.49. The number of benzene rings is 1. The third kappa shape index (κ3) is 1.56. The van der Waals surface area contributed by atoms with Gasteiger partial charge in [-0.05, 0) is 60.8 Å². The van der Waals surface area contributed by atoms with Crippen molar-refractivity contribution in [2.24, 2.45) is 0 Å². The molecule has 80 valence electrons. The Labute approximate surface area is 100 Å². The van der Waals surface area contributed by atoms with Gasteiger partial charge in [0, 0.05) is 4.47 Å². The van der Waals surface area contributed by atoms with E-state index in [1.807, 2.05) is 0 Å². The first-order chi connectivity index (χ1) is 7.30. The molecule has 0 saturated heterocycles. The minimum Gasteiger partial charge on any atom is -0.0571 e. The third-order valence-corrected chi connectivity index (χ3v) is 4.79. The highest BCUT2D eigenvalue weighted by Gasteiger charge is 2.38. The van der Waals surface area contributed by atoms with E-state index in [1.165, 1.54) is 49.4 Å². The summed E-state index contributed by atoms with van der Waals surface area (Å²) in [4.78, 5) is 0. The van der Waals surface area contributed by atoms with E-state index < -0.39 is 0 Å². The van der Waals surface area contributed by atoms with E-state index in [9.17, 15) is 0 Å². The molecular formula is C14H17Br. The number of hydrogen-bond acceptors (Lipinski definition) is 0. The van der Waals surface area contributed by atoms with E-state index in [2.05, 4.69) is 34.1 Å². The Bertz CT molecular complexity index is 375. The number of hydrogen-bond donors (Lipinski definition) is 0. The van der Waals surface area contributed by atoms with Crippen molar-refractivity contribution in [3.05, 3.63) is 33.8 Å². The van der Waals surface area contributed by atoms with Gasteiger partial charge in [-0.3, -0.25) is 0 Å². The van der Waals surface area contributed by atoms with Crippen molar-refractivity contribution in [1.29, 1.82) is 0 Å². The van der Waals surface area contributed by atoms with Crippen molar-refractivity contribution in [2.45, 2.75) is 50.4 Å². The first kappa shape index (κ1) is 9.89. The normalized spacial score (nSPS) is 23.0. The van der Waals surface area contributed by atoms with Crippen LogP contribution in [0.3, 0.4) is 0 Å². The van der Waals surface area contributed by atoms with Crippen LogP contribution in [0.2, 0.25) is 0 Å². The Kier molecular flexibility index (Phi) is 2.39. The average Bonchev–Trinajstić information content (AvgIpc) is 2.67. The maximum atomic E-state index is 3.59. The van der Waals surface area contributed by atoms with Crippen LogP contribution in [-0.2, 0) is 11.8 Å². The molecule has 0 aromatic heterocycles. The second-order valence-corrected chi connectivity index (χ2v) is 6.06. The van der Waals surface area contributed by atoms with Crippen molar-refractivity contribution in [2.75, 3.05) is 0 Å². The zero-order valence-corrected chi connectivity index (χ0v) is 10.6. The van der Waals surface area contributed by atoms with Gasteiger partial charge in [-0.25, -0.2) is 0 Å². The van der Waals surface area contributed by atoms with Crippen LogP contribution in [0.1, 0.15) is 49.7 Å². The summed E-state index contributed by atoms with van der Waals surface area (Å²) in [6.07, 6.45) is 9.86. The summed E-state index contributed by atoms with van der Waals surface area (Å²) in [6, 6.07) is 6.95. The Balaban J connectivity index is 2.10. The standard InChI is InChI=1S/C14H17Br/c15-12-5-6-13-11(10-12)4-3-9-14(13)7-1-2-8-14/h5-6,10H,1-4,7-9H2. The van der Waals surface area contributed by atoms with Gasteiger partial charge in [0.2, 0.25) is 0 Å². The summed E-state index contributed by atoms with van der Waals surface area (Å²) in [5, 5.41) is 0. The molecule has 1 saturated carbocycles. The van der Waals surface area contributed by atoms with Crippen molar-refractivity contribution >= 4 is 15.9 Å². The minimum atomic E-state index is 0.578. The van der Waals surface area contributed by atoms with E-state index in [-0.39, 0.29) is 0 Å². The van der Waals surface area contributed by atoms with Crippen molar-refractivity contribution in [3.8, 4) is 0 Å². The smallest absolute Gasteiger partial charge is 0.0178 e. The highest BCUT2D eigenvalue weighted by molar-refractivity contribution is 9.10. The van der Waals surface area contributed by atoms with Crippen LogP contribution in [0.25, 0.3) is 0 Å². The molecule has 0 radical (unpaired) electrons. The summed E-state index contributed by atoms with van der Waals surface area (Å²) in [5.74, 6) is 0. The molecule has 1 heteroatoms. The van der Waals surface area contributed by atoms with Crippen LogP contribution in [0, 0.1) is 0 Å². The molecule has 0 amide bonds. The molecule has 1 fully saturated rings. The number of fused-ring (bicyclic) bond motifs is 2. The fourth-order valence-electron chi connectivity index (χ4n) is 3.61. The van der Waals surface area contributed by atoms with Gasteiger partial charge in [-0.2, -0.15) is 0 Å². The summed E-state index contributed by atoms with van der Waals surface area (Å²) >= 11 is 3.59. The van der Waals surface area contributed by atoms with Crippen LogP contribution in [0.15, 0.2) is 22.7 Å². The largest absolute Gasteiger partial charge is 0.0571 e. The molecule has 0 heterocycles. The fourth-order valence-corrected chi connectivity index (χ4v) is 4.02. The predicted octanol–water partition coefficient (Wildman–Crippen LogP) is 4.60. The van der Waals surface area contributed by atoms with E-state index in [4.69, 9.17) is 0 Å². The van der Waals surface area contributed by atoms with E-state index in [1.54, 1.807) is 11.1 Å². The Morgan fingerprint density at radius 1 is 1.00 bits per heavy atom. The molecule has 0 aliphatic heterocycles. The van der Waals surface area contributed by atoms with Gasteiger partial charge in [-0.1, -0.05) is 34.8 Å². The summed E-state index contributed by atoms with van der Waals surface area (Å²) in [5.41, 5.74) is 3.86. The van der Waals surface area contributed by atoms with Crippen LogP contribution in [0.5, 0.6) is 0 Å². The topological polar surface area (TPSA) is 0 Å².